The van der Waals surface area contributed by atoms with E-state index in [9.17, 15) is 9.59 Å². The third-order valence-corrected chi connectivity index (χ3v) is 5.89. The van der Waals surface area contributed by atoms with Crippen molar-refractivity contribution in [3.8, 4) is 0 Å². The minimum absolute atomic E-state index is 0.00837. The molecule has 1 aliphatic heterocycles. The first kappa shape index (κ1) is 18.8. The average molecular weight is 375 g/mol. The van der Waals surface area contributed by atoms with Crippen molar-refractivity contribution in [3.63, 3.8) is 0 Å². The molecule has 2 atom stereocenters. The van der Waals surface area contributed by atoms with E-state index in [1.165, 1.54) is 11.6 Å². The number of para-hydroxylation sites is 1. The van der Waals surface area contributed by atoms with Gasteiger partial charge in [0.15, 0.2) is 0 Å². The highest BCUT2D eigenvalue weighted by molar-refractivity contribution is 7.18. The number of benzene rings is 1. The fraction of sp³-hybridized carbons (Fsp3) is 0.526. The number of nitrogens with one attached hydrogen (secondary N) is 2. The Morgan fingerprint density at radius 3 is 2.96 bits per heavy atom. The molecule has 0 bridgehead atoms. The minimum atomic E-state index is -0.00837. The van der Waals surface area contributed by atoms with Crippen molar-refractivity contribution in [2.75, 3.05) is 26.2 Å². The summed E-state index contributed by atoms with van der Waals surface area (Å²) in [7, 11) is 0. The van der Waals surface area contributed by atoms with Crippen LogP contribution in [-0.4, -0.2) is 53.9 Å². The number of nitrogens with zero attached hydrogens (tertiary/aromatic N) is 2. The number of hydrogen-bond acceptors (Lipinski definition) is 5. The molecule has 0 radical (unpaired) electrons. The third kappa shape index (κ3) is 5.02. The molecular weight excluding hydrogens is 348 g/mol. The van der Waals surface area contributed by atoms with Gasteiger partial charge in [-0.25, -0.2) is 4.98 Å². The summed E-state index contributed by atoms with van der Waals surface area (Å²) < 4.78 is 1.18. The van der Waals surface area contributed by atoms with E-state index in [1.54, 1.807) is 11.3 Å². The van der Waals surface area contributed by atoms with Crippen LogP contribution in [0.25, 0.3) is 10.2 Å². The first-order valence-corrected chi connectivity index (χ1v) is 9.94. The molecule has 1 aromatic heterocycles. The number of aromatic nitrogens is 1. The molecule has 0 spiro atoms. The summed E-state index contributed by atoms with van der Waals surface area (Å²) in [6.07, 6.45) is 1.98. The molecule has 1 fully saturated rings. The normalized spacial score (nSPS) is 19.2. The number of hydrogen-bond donors (Lipinski definition) is 2. The molecule has 7 heteroatoms. The molecule has 0 aliphatic carbocycles. The summed E-state index contributed by atoms with van der Waals surface area (Å²) in [6.45, 7) is 6.22. The maximum Gasteiger partial charge on any atom is 0.234 e. The van der Waals surface area contributed by atoms with Crippen LogP contribution in [0.4, 0.5) is 0 Å². The number of fused-ring (bicyclic) bond motifs is 1. The summed E-state index contributed by atoms with van der Waals surface area (Å²) in [4.78, 5) is 30.3. The van der Waals surface area contributed by atoms with E-state index in [-0.39, 0.29) is 23.8 Å². The molecule has 3 rings (SSSR count). The average Bonchev–Trinajstić information content (AvgIpc) is 3.03. The predicted molar refractivity (Wildman–Crippen MR) is 104 cm³/mol. The highest BCUT2D eigenvalue weighted by Crippen LogP contribution is 2.26. The molecule has 6 nitrogen and oxygen atoms in total. The van der Waals surface area contributed by atoms with Crippen LogP contribution in [0.1, 0.15) is 37.6 Å². The van der Waals surface area contributed by atoms with Gasteiger partial charge in [-0.3, -0.25) is 14.5 Å². The summed E-state index contributed by atoms with van der Waals surface area (Å²) in [5.41, 5.74) is 1.02. The standard InChI is InChI=1S/C19H26N4O2S/c1-13(19-22-16-7-3-4-8-17(16)26-19)10-20-18(25)12-23-9-5-6-15(11-23)21-14(2)24/h3-4,7-8,13,15H,5-6,9-12H2,1-2H3,(H,20,25)(H,21,24). The van der Waals surface area contributed by atoms with Gasteiger partial charge in [0.2, 0.25) is 11.8 Å². The maximum atomic E-state index is 12.3. The number of piperidine rings is 1. The van der Waals surface area contributed by atoms with Gasteiger partial charge in [0.1, 0.15) is 0 Å². The Morgan fingerprint density at radius 2 is 2.19 bits per heavy atom. The summed E-state index contributed by atoms with van der Waals surface area (Å²) in [6, 6.07) is 8.25. The van der Waals surface area contributed by atoms with Crippen molar-refractivity contribution in [1.29, 1.82) is 0 Å². The zero-order valence-electron chi connectivity index (χ0n) is 15.3. The van der Waals surface area contributed by atoms with Crippen LogP contribution in [0, 0.1) is 0 Å². The van der Waals surface area contributed by atoms with Crippen LogP contribution < -0.4 is 10.6 Å². The zero-order valence-corrected chi connectivity index (χ0v) is 16.1. The number of thiazole rings is 1. The lowest BCUT2D eigenvalue weighted by molar-refractivity contribution is -0.122. The van der Waals surface area contributed by atoms with Crippen LogP contribution >= 0.6 is 11.3 Å². The Bertz CT molecular complexity index is 743. The predicted octanol–water partition coefficient (Wildman–Crippen LogP) is 2.12. The second-order valence-electron chi connectivity index (χ2n) is 7.00. The van der Waals surface area contributed by atoms with E-state index in [2.05, 4.69) is 33.5 Å². The van der Waals surface area contributed by atoms with E-state index >= 15 is 0 Å². The second kappa shape index (κ2) is 8.60. The number of carbonyl (C=O) groups is 2. The van der Waals surface area contributed by atoms with Crippen molar-refractivity contribution in [3.05, 3.63) is 29.3 Å². The zero-order chi connectivity index (χ0) is 18.5. The van der Waals surface area contributed by atoms with Crippen molar-refractivity contribution < 1.29 is 9.59 Å². The van der Waals surface area contributed by atoms with E-state index in [0.29, 0.717) is 13.1 Å². The first-order valence-electron chi connectivity index (χ1n) is 9.13. The molecule has 2 unspecified atom stereocenters. The van der Waals surface area contributed by atoms with E-state index in [1.807, 2.05) is 18.2 Å². The van der Waals surface area contributed by atoms with Crippen molar-refractivity contribution in [2.45, 2.75) is 38.6 Å². The Balaban J connectivity index is 1.46. The minimum Gasteiger partial charge on any atom is -0.354 e. The van der Waals surface area contributed by atoms with Gasteiger partial charge in [0.25, 0.3) is 0 Å². The number of amides is 2. The van der Waals surface area contributed by atoms with Crippen LogP contribution in [0.2, 0.25) is 0 Å². The monoisotopic (exact) mass is 374 g/mol. The van der Waals surface area contributed by atoms with Gasteiger partial charge in [-0.15, -0.1) is 11.3 Å². The van der Waals surface area contributed by atoms with Crippen molar-refractivity contribution in [1.82, 2.24) is 20.5 Å². The molecule has 1 aromatic carbocycles. The Labute approximate surface area is 158 Å². The van der Waals surface area contributed by atoms with E-state index in [4.69, 9.17) is 0 Å². The molecule has 2 N–H and O–H groups in total. The van der Waals surface area contributed by atoms with Crippen LogP contribution in [0.3, 0.4) is 0 Å². The number of carbonyl (C=O) groups excluding carboxylic acids is 2. The van der Waals surface area contributed by atoms with Gasteiger partial charge < -0.3 is 10.6 Å². The van der Waals surface area contributed by atoms with Gasteiger partial charge in [-0.1, -0.05) is 19.1 Å². The van der Waals surface area contributed by atoms with Gasteiger partial charge in [-0.05, 0) is 31.5 Å². The summed E-state index contributed by atoms with van der Waals surface area (Å²) >= 11 is 1.69. The fourth-order valence-electron chi connectivity index (χ4n) is 3.32. The Kier molecular flexibility index (Phi) is 6.21. The maximum absolute atomic E-state index is 12.3. The topological polar surface area (TPSA) is 74.3 Å². The molecule has 2 amide bonds. The molecule has 1 aliphatic rings. The van der Waals surface area contributed by atoms with Gasteiger partial charge >= 0.3 is 0 Å². The van der Waals surface area contributed by atoms with Crippen LogP contribution in [0.5, 0.6) is 0 Å². The fourth-order valence-corrected chi connectivity index (χ4v) is 4.34. The molecular formula is C19H26N4O2S. The summed E-state index contributed by atoms with van der Waals surface area (Å²) in [5.74, 6) is 0.206. The van der Waals surface area contributed by atoms with E-state index in [0.717, 1.165) is 36.5 Å². The Hall–Kier alpha value is -1.99. The molecule has 140 valence electrons. The second-order valence-corrected chi connectivity index (χ2v) is 8.06. The quantitative estimate of drug-likeness (QED) is 0.812. The highest BCUT2D eigenvalue weighted by atomic mass is 32.1. The third-order valence-electron chi connectivity index (χ3n) is 4.62. The lowest BCUT2D eigenvalue weighted by atomic mass is 10.1. The molecule has 26 heavy (non-hydrogen) atoms. The van der Waals surface area contributed by atoms with Gasteiger partial charge in [0.05, 0.1) is 21.8 Å². The highest BCUT2D eigenvalue weighted by Gasteiger charge is 2.22. The molecule has 2 aromatic rings. The van der Waals surface area contributed by atoms with E-state index < -0.39 is 0 Å². The largest absolute Gasteiger partial charge is 0.354 e. The number of likely N-dealkylation sites (tertiary alicyclic amines) is 1. The molecule has 1 saturated heterocycles. The number of rotatable bonds is 6. The van der Waals surface area contributed by atoms with Crippen molar-refractivity contribution in [2.24, 2.45) is 0 Å². The van der Waals surface area contributed by atoms with Crippen LogP contribution in [-0.2, 0) is 9.59 Å². The molecule has 2 heterocycles. The summed E-state index contributed by atoms with van der Waals surface area (Å²) in [5, 5.41) is 7.03. The van der Waals surface area contributed by atoms with Gasteiger partial charge in [0, 0.05) is 32.0 Å². The van der Waals surface area contributed by atoms with Crippen LogP contribution in [0.15, 0.2) is 24.3 Å². The Morgan fingerprint density at radius 1 is 1.38 bits per heavy atom. The lowest BCUT2D eigenvalue weighted by Crippen LogP contribution is -2.50. The van der Waals surface area contributed by atoms with Crippen molar-refractivity contribution >= 4 is 33.4 Å². The smallest absolute Gasteiger partial charge is 0.234 e. The van der Waals surface area contributed by atoms with Gasteiger partial charge in [-0.2, -0.15) is 0 Å². The lowest BCUT2D eigenvalue weighted by Gasteiger charge is -2.32. The first-order chi connectivity index (χ1) is 12.5. The molecule has 0 saturated carbocycles. The SMILES string of the molecule is CC(=O)NC1CCCN(CC(=O)NCC(C)c2nc3ccccc3s2)C1.